The lowest BCUT2D eigenvalue weighted by Gasteiger charge is -2.42. The third-order valence-corrected chi connectivity index (χ3v) is 7.00. The molecule has 5 nitrogen and oxygen atoms in total. The highest BCUT2D eigenvalue weighted by Crippen LogP contribution is 2.36. The number of benzene rings is 2. The molecule has 0 aliphatic carbocycles. The smallest absolute Gasteiger partial charge is 0.318 e. The third-order valence-electron chi connectivity index (χ3n) is 7.00. The molecule has 172 valence electrons. The van der Waals surface area contributed by atoms with Gasteiger partial charge in [0.25, 0.3) is 0 Å². The van der Waals surface area contributed by atoms with Crippen LogP contribution in [0.5, 0.6) is 0 Å². The second kappa shape index (κ2) is 9.84. The quantitative estimate of drug-likeness (QED) is 0.595. The number of rotatable bonds is 4. The highest BCUT2D eigenvalue weighted by molar-refractivity contribution is 5.76. The SMILES string of the molecule is Cc1ccc(CN2CCC(N3C(=O)NCCCc4ccccc4C3c3ccccc3)CC2)o1. The highest BCUT2D eigenvalue weighted by atomic mass is 16.3. The Hall–Kier alpha value is -3.05. The van der Waals surface area contributed by atoms with Crippen molar-refractivity contribution in [3.8, 4) is 0 Å². The first kappa shape index (κ1) is 21.8. The van der Waals surface area contributed by atoms with Gasteiger partial charge in [-0.3, -0.25) is 4.90 Å². The van der Waals surface area contributed by atoms with E-state index in [-0.39, 0.29) is 18.1 Å². The van der Waals surface area contributed by atoms with Gasteiger partial charge in [0.15, 0.2) is 0 Å². The van der Waals surface area contributed by atoms with Crippen LogP contribution in [-0.4, -0.2) is 41.5 Å². The second-order valence-electron chi connectivity index (χ2n) is 9.27. The minimum atomic E-state index is -0.0789. The van der Waals surface area contributed by atoms with E-state index in [0.717, 1.165) is 56.8 Å². The summed E-state index contributed by atoms with van der Waals surface area (Å²) in [7, 11) is 0. The first-order chi connectivity index (χ1) is 16.2. The molecule has 0 saturated carbocycles. The van der Waals surface area contributed by atoms with Gasteiger partial charge in [0, 0.05) is 25.7 Å². The molecular formula is C28H33N3O2. The van der Waals surface area contributed by atoms with Gasteiger partial charge >= 0.3 is 6.03 Å². The van der Waals surface area contributed by atoms with Gasteiger partial charge in [-0.15, -0.1) is 0 Å². The number of fused-ring (bicyclic) bond motifs is 1. The van der Waals surface area contributed by atoms with E-state index in [4.69, 9.17) is 4.42 Å². The molecule has 1 fully saturated rings. The van der Waals surface area contributed by atoms with Gasteiger partial charge in [-0.1, -0.05) is 54.6 Å². The molecule has 1 unspecified atom stereocenters. The normalized spacial score (nSPS) is 20.5. The predicted molar refractivity (Wildman–Crippen MR) is 130 cm³/mol. The lowest BCUT2D eigenvalue weighted by molar-refractivity contribution is 0.0980. The summed E-state index contributed by atoms with van der Waals surface area (Å²) in [5, 5.41) is 3.22. The van der Waals surface area contributed by atoms with Crippen LogP contribution in [-0.2, 0) is 13.0 Å². The van der Waals surface area contributed by atoms with Crippen LogP contribution < -0.4 is 5.32 Å². The Bertz CT molecular complexity index is 1070. The maximum absolute atomic E-state index is 13.6. The number of nitrogens with one attached hydrogen (secondary N) is 1. The highest BCUT2D eigenvalue weighted by Gasteiger charge is 2.36. The molecule has 5 rings (SSSR count). The molecular weight excluding hydrogens is 410 g/mol. The molecule has 33 heavy (non-hydrogen) atoms. The fourth-order valence-electron chi connectivity index (χ4n) is 5.36. The number of likely N-dealkylation sites (tertiary alicyclic amines) is 1. The summed E-state index contributed by atoms with van der Waals surface area (Å²) in [5.41, 5.74) is 3.78. The van der Waals surface area contributed by atoms with Crippen molar-refractivity contribution in [3.63, 3.8) is 0 Å². The summed E-state index contributed by atoms with van der Waals surface area (Å²) in [4.78, 5) is 18.2. The molecule has 5 heteroatoms. The number of piperidine rings is 1. The zero-order valence-electron chi connectivity index (χ0n) is 19.4. The Morgan fingerprint density at radius 2 is 1.73 bits per heavy atom. The largest absolute Gasteiger partial charge is 0.465 e. The van der Waals surface area contributed by atoms with Gasteiger partial charge in [-0.25, -0.2) is 4.79 Å². The fourth-order valence-corrected chi connectivity index (χ4v) is 5.36. The van der Waals surface area contributed by atoms with E-state index in [9.17, 15) is 4.79 Å². The van der Waals surface area contributed by atoms with E-state index in [1.165, 1.54) is 16.7 Å². The van der Waals surface area contributed by atoms with E-state index in [2.05, 4.69) is 69.7 Å². The summed E-state index contributed by atoms with van der Waals surface area (Å²) in [6.45, 7) is 5.44. The number of urea groups is 1. The van der Waals surface area contributed by atoms with Crippen LogP contribution in [0.15, 0.2) is 71.1 Å². The first-order valence-electron chi connectivity index (χ1n) is 12.2. The van der Waals surface area contributed by atoms with Gasteiger partial charge in [0.2, 0.25) is 0 Å². The first-order valence-corrected chi connectivity index (χ1v) is 12.2. The molecule has 0 bridgehead atoms. The number of aryl methyl sites for hydroxylation is 2. The molecule has 0 spiro atoms. The monoisotopic (exact) mass is 443 g/mol. The molecule has 3 heterocycles. The van der Waals surface area contributed by atoms with Gasteiger partial charge in [0.1, 0.15) is 11.5 Å². The predicted octanol–water partition coefficient (Wildman–Crippen LogP) is 5.30. The maximum Gasteiger partial charge on any atom is 0.318 e. The summed E-state index contributed by atoms with van der Waals surface area (Å²) in [5.74, 6) is 1.97. The summed E-state index contributed by atoms with van der Waals surface area (Å²) in [6, 6.07) is 23.5. The van der Waals surface area contributed by atoms with Crippen LogP contribution in [0.2, 0.25) is 0 Å². The maximum atomic E-state index is 13.6. The minimum absolute atomic E-state index is 0.0562. The van der Waals surface area contributed by atoms with Crippen LogP contribution in [0.25, 0.3) is 0 Å². The van der Waals surface area contributed by atoms with Crippen molar-refractivity contribution >= 4 is 6.03 Å². The summed E-state index contributed by atoms with van der Waals surface area (Å²) >= 11 is 0. The number of amides is 2. The van der Waals surface area contributed by atoms with E-state index >= 15 is 0 Å². The Morgan fingerprint density at radius 3 is 2.48 bits per heavy atom. The lowest BCUT2D eigenvalue weighted by Crippen LogP contribution is -2.52. The van der Waals surface area contributed by atoms with Crippen molar-refractivity contribution in [2.24, 2.45) is 0 Å². The second-order valence-corrected chi connectivity index (χ2v) is 9.27. The Morgan fingerprint density at radius 1 is 0.970 bits per heavy atom. The van der Waals surface area contributed by atoms with Crippen LogP contribution in [0, 0.1) is 6.92 Å². The molecule has 0 radical (unpaired) electrons. The van der Waals surface area contributed by atoms with Gasteiger partial charge in [-0.05, 0) is 61.4 Å². The topological polar surface area (TPSA) is 48.7 Å². The summed E-state index contributed by atoms with van der Waals surface area (Å²) < 4.78 is 5.79. The Labute approximate surface area is 196 Å². The average molecular weight is 444 g/mol. The summed E-state index contributed by atoms with van der Waals surface area (Å²) in [6.07, 6.45) is 3.85. The molecule has 1 atom stereocenters. The zero-order valence-corrected chi connectivity index (χ0v) is 19.4. The molecule has 2 aliphatic heterocycles. The molecule has 3 aromatic rings. The molecule has 2 aliphatic rings. The molecule has 1 saturated heterocycles. The Kier molecular flexibility index (Phi) is 6.49. The van der Waals surface area contributed by atoms with Crippen LogP contribution in [0.1, 0.15) is 53.5 Å². The van der Waals surface area contributed by atoms with Crippen LogP contribution in [0.4, 0.5) is 4.79 Å². The number of hydrogen-bond acceptors (Lipinski definition) is 3. The van der Waals surface area contributed by atoms with Gasteiger partial charge in [0.05, 0.1) is 12.6 Å². The Balaban J connectivity index is 1.44. The van der Waals surface area contributed by atoms with E-state index < -0.39 is 0 Å². The molecule has 1 aromatic heterocycles. The fraction of sp³-hybridized carbons (Fsp3) is 0.393. The van der Waals surface area contributed by atoms with Crippen molar-refractivity contribution in [2.75, 3.05) is 19.6 Å². The average Bonchev–Trinajstić information content (AvgIpc) is 3.28. The molecule has 2 aromatic carbocycles. The van der Waals surface area contributed by atoms with Crippen LogP contribution in [0.3, 0.4) is 0 Å². The minimum Gasteiger partial charge on any atom is -0.465 e. The van der Waals surface area contributed by atoms with Crippen molar-refractivity contribution in [1.82, 2.24) is 15.1 Å². The lowest BCUT2D eigenvalue weighted by atomic mass is 9.89. The number of hydrogen-bond donors (Lipinski definition) is 1. The van der Waals surface area contributed by atoms with Crippen molar-refractivity contribution < 1.29 is 9.21 Å². The molecule has 1 N–H and O–H groups in total. The standard InChI is InChI=1S/C28H33N3O2/c1-21-13-14-25(33-21)20-30-18-15-24(16-19-30)31-27(23-9-3-2-4-10-23)26-12-6-5-8-22(26)11-7-17-29-28(31)32/h2-6,8-10,12-14,24,27H,7,11,15-20H2,1H3,(H,29,32). The van der Waals surface area contributed by atoms with Crippen LogP contribution >= 0.6 is 0 Å². The van der Waals surface area contributed by atoms with E-state index in [1.54, 1.807) is 0 Å². The van der Waals surface area contributed by atoms with Gasteiger partial charge in [-0.2, -0.15) is 0 Å². The van der Waals surface area contributed by atoms with E-state index in [0.29, 0.717) is 6.54 Å². The van der Waals surface area contributed by atoms with Crippen molar-refractivity contribution in [3.05, 3.63) is 94.9 Å². The van der Waals surface area contributed by atoms with Gasteiger partial charge < -0.3 is 14.6 Å². The number of carbonyl (C=O) groups is 1. The van der Waals surface area contributed by atoms with Crippen molar-refractivity contribution in [1.29, 1.82) is 0 Å². The zero-order chi connectivity index (χ0) is 22.6. The van der Waals surface area contributed by atoms with Crippen molar-refractivity contribution in [2.45, 2.75) is 51.2 Å². The number of nitrogens with zero attached hydrogens (tertiary/aromatic N) is 2. The number of carbonyl (C=O) groups excluding carboxylic acids is 1. The van der Waals surface area contributed by atoms with E-state index in [1.807, 2.05) is 19.1 Å². The third kappa shape index (κ3) is 4.83. The number of furan rings is 1. The molecule has 2 amide bonds.